The highest BCUT2D eigenvalue weighted by Gasteiger charge is 2.12. The van der Waals surface area contributed by atoms with Crippen LogP contribution in [0.1, 0.15) is 5.56 Å². The molecule has 1 aromatic heterocycles. The van der Waals surface area contributed by atoms with Gasteiger partial charge in [0.25, 0.3) is 0 Å². The van der Waals surface area contributed by atoms with Crippen molar-refractivity contribution in [2.45, 2.75) is 6.42 Å². The highest BCUT2D eigenvalue weighted by atomic mass is 32.2. The number of hydrogen-bond acceptors (Lipinski definition) is 2. The Labute approximate surface area is 100 Å². The molecule has 2 heterocycles. The van der Waals surface area contributed by atoms with Crippen molar-refractivity contribution in [3.8, 4) is 0 Å². The van der Waals surface area contributed by atoms with Gasteiger partial charge in [-0.15, -0.1) is 11.8 Å². The second-order valence-electron chi connectivity index (χ2n) is 4.26. The van der Waals surface area contributed by atoms with Crippen molar-refractivity contribution in [3.63, 3.8) is 0 Å². The second-order valence-corrected chi connectivity index (χ2v) is 5.34. The molecule has 0 spiro atoms. The van der Waals surface area contributed by atoms with E-state index in [4.69, 9.17) is 0 Å². The quantitative estimate of drug-likeness (QED) is 0.877. The Morgan fingerprint density at radius 3 is 3.12 bits per heavy atom. The predicted octanol–water partition coefficient (Wildman–Crippen LogP) is 2.72. The number of para-hydroxylation sites is 1. The van der Waals surface area contributed by atoms with Crippen LogP contribution in [0.5, 0.6) is 0 Å². The predicted molar refractivity (Wildman–Crippen MR) is 70.9 cm³/mol. The number of benzene rings is 1. The average molecular weight is 232 g/mol. The number of thioether (sulfide) groups is 1. The van der Waals surface area contributed by atoms with E-state index in [1.807, 2.05) is 11.8 Å². The molecule has 0 aliphatic carbocycles. The number of aromatic amines is 1. The minimum Gasteiger partial charge on any atom is -0.361 e. The van der Waals surface area contributed by atoms with Gasteiger partial charge in [0.15, 0.2) is 0 Å². The fourth-order valence-corrected chi connectivity index (χ4v) is 3.28. The van der Waals surface area contributed by atoms with Crippen LogP contribution in [0.4, 0.5) is 0 Å². The maximum Gasteiger partial charge on any atom is 0.0456 e. The smallest absolute Gasteiger partial charge is 0.0456 e. The van der Waals surface area contributed by atoms with E-state index in [0.29, 0.717) is 0 Å². The third-order valence-corrected chi connectivity index (χ3v) is 4.22. The number of rotatable bonds is 3. The average Bonchev–Trinajstić information content (AvgIpc) is 2.96. The summed E-state index contributed by atoms with van der Waals surface area (Å²) in [5, 5.41) is 1.38. The van der Waals surface area contributed by atoms with Crippen molar-refractivity contribution >= 4 is 22.7 Å². The van der Waals surface area contributed by atoms with Crippen LogP contribution in [-0.2, 0) is 6.42 Å². The van der Waals surface area contributed by atoms with Crippen molar-refractivity contribution < 1.29 is 0 Å². The van der Waals surface area contributed by atoms with Crippen LogP contribution in [0, 0.1) is 0 Å². The Hall–Kier alpha value is -0.930. The summed E-state index contributed by atoms with van der Waals surface area (Å²) < 4.78 is 0. The number of aromatic nitrogens is 1. The van der Waals surface area contributed by atoms with Crippen LogP contribution >= 0.6 is 11.8 Å². The molecule has 0 bridgehead atoms. The molecule has 0 atom stereocenters. The van der Waals surface area contributed by atoms with Gasteiger partial charge in [-0.1, -0.05) is 18.2 Å². The maximum atomic E-state index is 3.34. The van der Waals surface area contributed by atoms with E-state index in [2.05, 4.69) is 40.3 Å². The largest absolute Gasteiger partial charge is 0.361 e. The van der Waals surface area contributed by atoms with Gasteiger partial charge in [-0.05, 0) is 18.1 Å². The molecule has 0 saturated carbocycles. The number of hydrogen-bond donors (Lipinski definition) is 1. The first-order valence-electron chi connectivity index (χ1n) is 5.78. The monoisotopic (exact) mass is 232 g/mol. The summed E-state index contributed by atoms with van der Waals surface area (Å²) >= 11 is 2.04. The number of H-pyrrole nitrogens is 1. The Kier molecular flexibility index (Phi) is 2.89. The molecule has 0 amide bonds. The number of nitrogens with one attached hydrogen (secondary N) is 1. The van der Waals surface area contributed by atoms with Gasteiger partial charge >= 0.3 is 0 Å². The minimum atomic E-state index is 1.16. The Bertz CT molecular complexity index is 471. The third-order valence-electron chi connectivity index (χ3n) is 3.20. The lowest BCUT2D eigenvalue weighted by Crippen LogP contribution is -2.22. The molecule has 1 N–H and O–H groups in total. The summed E-state index contributed by atoms with van der Waals surface area (Å²) in [5.41, 5.74) is 2.71. The fourth-order valence-electron chi connectivity index (χ4n) is 2.25. The molecule has 0 unspecified atom stereocenters. The second kappa shape index (κ2) is 4.52. The molecule has 2 nitrogen and oxygen atoms in total. The summed E-state index contributed by atoms with van der Waals surface area (Å²) in [4.78, 5) is 5.87. The van der Waals surface area contributed by atoms with E-state index in [1.165, 1.54) is 41.2 Å². The van der Waals surface area contributed by atoms with Gasteiger partial charge in [-0.2, -0.15) is 0 Å². The van der Waals surface area contributed by atoms with Crippen LogP contribution in [0.3, 0.4) is 0 Å². The van der Waals surface area contributed by atoms with Gasteiger partial charge in [0, 0.05) is 41.8 Å². The maximum absolute atomic E-state index is 3.34. The molecule has 1 aliphatic heterocycles. The van der Waals surface area contributed by atoms with E-state index in [9.17, 15) is 0 Å². The van der Waals surface area contributed by atoms with Crippen LogP contribution in [0.15, 0.2) is 30.5 Å². The molecule has 16 heavy (non-hydrogen) atoms. The summed E-state index contributed by atoms with van der Waals surface area (Å²) in [6, 6.07) is 8.55. The summed E-state index contributed by atoms with van der Waals surface area (Å²) in [5.74, 6) is 2.51. The first-order chi connectivity index (χ1) is 7.93. The van der Waals surface area contributed by atoms with E-state index in [1.54, 1.807) is 0 Å². The molecular formula is C13H16N2S. The van der Waals surface area contributed by atoms with Gasteiger partial charge in [0.1, 0.15) is 0 Å². The lowest BCUT2D eigenvalue weighted by molar-refractivity contribution is 0.361. The van der Waals surface area contributed by atoms with Crippen molar-refractivity contribution in [1.82, 2.24) is 9.88 Å². The molecule has 1 aliphatic rings. The zero-order chi connectivity index (χ0) is 10.8. The van der Waals surface area contributed by atoms with Gasteiger partial charge in [-0.25, -0.2) is 0 Å². The van der Waals surface area contributed by atoms with Gasteiger partial charge < -0.3 is 4.98 Å². The number of fused-ring (bicyclic) bond motifs is 1. The summed E-state index contributed by atoms with van der Waals surface area (Å²) in [6.07, 6.45) is 3.32. The topological polar surface area (TPSA) is 19.0 Å². The van der Waals surface area contributed by atoms with Crippen LogP contribution in [0.25, 0.3) is 10.9 Å². The molecular weight excluding hydrogens is 216 g/mol. The summed E-state index contributed by atoms with van der Waals surface area (Å²) in [7, 11) is 0. The lowest BCUT2D eigenvalue weighted by Gasteiger charge is -2.12. The third kappa shape index (κ3) is 1.97. The SMILES string of the molecule is c1ccc2c(CCN3CCSC3)c[nH]c2c1. The van der Waals surface area contributed by atoms with Gasteiger partial charge in [0.2, 0.25) is 0 Å². The molecule has 84 valence electrons. The molecule has 3 heteroatoms. The van der Waals surface area contributed by atoms with Crippen LogP contribution in [-0.4, -0.2) is 34.6 Å². The van der Waals surface area contributed by atoms with E-state index in [-0.39, 0.29) is 0 Å². The molecule has 1 aromatic carbocycles. The van der Waals surface area contributed by atoms with Gasteiger partial charge in [-0.3, -0.25) is 4.90 Å². The van der Waals surface area contributed by atoms with Crippen molar-refractivity contribution in [1.29, 1.82) is 0 Å². The lowest BCUT2D eigenvalue weighted by atomic mass is 10.1. The first-order valence-corrected chi connectivity index (χ1v) is 6.94. The summed E-state index contributed by atoms with van der Waals surface area (Å²) in [6.45, 7) is 2.45. The van der Waals surface area contributed by atoms with Crippen LogP contribution < -0.4 is 0 Å². The normalized spacial score (nSPS) is 17.2. The Balaban J connectivity index is 1.73. The van der Waals surface area contributed by atoms with E-state index < -0.39 is 0 Å². The molecule has 1 fully saturated rings. The van der Waals surface area contributed by atoms with Crippen molar-refractivity contribution in [2.24, 2.45) is 0 Å². The Morgan fingerprint density at radius 1 is 1.31 bits per heavy atom. The van der Waals surface area contributed by atoms with Crippen molar-refractivity contribution in [2.75, 3.05) is 24.7 Å². The Morgan fingerprint density at radius 2 is 2.25 bits per heavy atom. The zero-order valence-electron chi connectivity index (χ0n) is 9.28. The number of nitrogens with zero attached hydrogens (tertiary/aromatic N) is 1. The first kappa shape index (κ1) is 10.2. The fraction of sp³-hybridized carbons (Fsp3) is 0.385. The van der Waals surface area contributed by atoms with Crippen LogP contribution in [0.2, 0.25) is 0 Å². The minimum absolute atomic E-state index is 1.16. The highest BCUT2D eigenvalue weighted by Crippen LogP contribution is 2.19. The molecule has 0 radical (unpaired) electrons. The molecule has 1 saturated heterocycles. The molecule has 2 aromatic rings. The van der Waals surface area contributed by atoms with Gasteiger partial charge in [0.05, 0.1) is 0 Å². The zero-order valence-corrected chi connectivity index (χ0v) is 10.1. The van der Waals surface area contributed by atoms with Crippen molar-refractivity contribution in [3.05, 3.63) is 36.0 Å². The standard InChI is InChI=1S/C13H16N2S/c1-2-4-13-12(3-1)11(9-14-13)5-6-15-7-8-16-10-15/h1-4,9,14H,5-8,10H2. The molecule has 3 rings (SSSR count). The van der Waals surface area contributed by atoms with E-state index >= 15 is 0 Å². The van der Waals surface area contributed by atoms with E-state index in [0.717, 1.165) is 6.42 Å². The highest BCUT2D eigenvalue weighted by molar-refractivity contribution is 7.99.